The smallest absolute Gasteiger partial charge is 0.0628 e. The lowest BCUT2D eigenvalue weighted by molar-refractivity contribution is -0.117. The maximum absolute atomic E-state index is 9.14. The summed E-state index contributed by atoms with van der Waals surface area (Å²) in [4.78, 5) is 2.27. The standard InChI is InChI=1S/C11H21NO3/c13-6-5-12-3-1-10(2-4-12)15-11-7-9(14)8-11/h9-11,13-14H,1-8H2. The van der Waals surface area contributed by atoms with Crippen molar-refractivity contribution in [2.75, 3.05) is 26.2 Å². The van der Waals surface area contributed by atoms with E-state index in [0.29, 0.717) is 12.2 Å². The second-order valence-electron chi connectivity index (χ2n) is 4.65. The van der Waals surface area contributed by atoms with Gasteiger partial charge in [-0.3, -0.25) is 0 Å². The molecule has 1 heterocycles. The van der Waals surface area contributed by atoms with E-state index in [1.807, 2.05) is 0 Å². The number of likely N-dealkylation sites (tertiary alicyclic amines) is 1. The SMILES string of the molecule is OCCN1CCC(OC2CC(O)C2)CC1. The Morgan fingerprint density at radius 1 is 1.13 bits per heavy atom. The second-order valence-corrected chi connectivity index (χ2v) is 4.65. The molecule has 2 aliphatic rings. The molecule has 0 aromatic heterocycles. The Kier molecular flexibility index (Phi) is 3.97. The lowest BCUT2D eigenvalue weighted by Crippen LogP contribution is -2.43. The molecule has 0 aromatic rings. The van der Waals surface area contributed by atoms with Gasteiger partial charge in [-0.2, -0.15) is 0 Å². The van der Waals surface area contributed by atoms with Crippen LogP contribution in [0.4, 0.5) is 0 Å². The predicted molar refractivity (Wildman–Crippen MR) is 56.7 cm³/mol. The number of aliphatic hydroxyl groups excluding tert-OH is 2. The molecule has 88 valence electrons. The van der Waals surface area contributed by atoms with Crippen LogP contribution in [-0.2, 0) is 4.74 Å². The Bertz CT molecular complexity index is 186. The first-order valence-electron chi connectivity index (χ1n) is 5.94. The Morgan fingerprint density at radius 2 is 1.80 bits per heavy atom. The van der Waals surface area contributed by atoms with Gasteiger partial charge in [-0.1, -0.05) is 0 Å². The Balaban J connectivity index is 1.61. The van der Waals surface area contributed by atoms with Crippen LogP contribution in [0.3, 0.4) is 0 Å². The van der Waals surface area contributed by atoms with Crippen molar-refractivity contribution in [3.8, 4) is 0 Å². The highest BCUT2D eigenvalue weighted by Gasteiger charge is 2.31. The molecule has 1 saturated heterocycles. The van der Waals surface area contributed by atoms with E-state index in [9.17, 15) is 0 Å². The highest BCUT2D eigenvalue weighted by Crippen LogP contribution is 2.26. The number of β-amino-alcohol motifs (C(OH)–C–C–N with tert-alkyl or cyclic N) is 1. The molecule has 0 atom stereocenters. The van der Waals surface area contributed by atoms with Gasteiger partial charge in [0.05, 0.1) is 24.9 Å². The molecule has 2 N–H and O–H groups in total. The molecule has 1 aliphatic heterocycles. The minimum atomic E-state index is -0.121. The molecule has 1 saturated carbocycles. The van der Waals surface area contributed by atoms with Gasteiger partial charge >= 0.3 is 0 Å². The molecular formula is C11H21NO3. The first kappa shape index (κ1) is 11.3. The summed E-state index contributed by atoms with van der Waals surface area (Å²) in [7, 11) is 0. The van der Waals surface area contributed by atoms with Gasteiger partial charge in [0.25, 0.3) is 0 Å². The Morgan fingerprint density at radius 3 is 2.33 bits per heavy atom. The number of nitrogens with zero attached hydrogens (tertiary/aromatic N) is 1. The quantitative estimate of drug-likeness (QED) is 0.692. The summed E-state index contributed by atoms with van der Waals surface area (Å²) in [6.07, 6.45) is 4.31. The molecule has 0 radical (unpaired) electrons. The van der Waals surface area contributed by atoms with E-state index in [-0.39, 0.29) is 12.7 Å². The maximum atomic E-state index is 9.14. The van der Waals surface area contributed by atoms with Crippen molar-refractivity contribution in [3.63, 3.8) is 0 Å². The lowest BCUT2D eigenvalue weighted by Gasteiger charge is -2.38. The summed E-state index contributed by atoms with van der Waals surface area (Å²) in [5.74, 6) is 0. The van der Waals surface area contributed by atoms with Gasteiger partial charge in [-0.25, -0.2) is 0 Å². The molecule has 0 spiro atoms. The fourth-order valence-electron chi connectivity index (χ4n) is 2.33. The maximum Gasteiger partial charge on any atom is 0.0628 e. The zero-order chi connectivity index (χ0) is 10.7. The molecule has 0 amide bonds. The topological polar surface area (TPSA) is 52.9 Å². The minimum Gasteiger partial charge on any atom is -0.395 e. The van der Waals surface area contributed by atoms with Gasteiger partial charge in [0.1, 0.15) is 0 Å². The van der Waals surface area contributed by atoms with Crippen molar-refractivity contribution < 1.29 is 14.9 Å². The third-order valence-electron chi connectivity index (χ3n) is 3.41. The predicted octanol–water partition coefficient (Wildman–Crippen LogP) is -0.0170. The number of piperidine rings is 1. The van der Waals surface area contributed by atoms with Crippen molar-refractivity contribution in [3.05, 3.63) is 0 Å². The Hall–Kier alpha value is -0.160. The van der Waals surface area contributed by atoms with Gasteiger partial charge in [0, 0.05) is 19.6 Å². The van der Waals surface area contributed by atoms with E-state index >= 15 is 0 Å². The van der Waals surface area contributed by atoms with Gasteiger partial charge in [-0.15, -0.1) is 0 Å². The van der Waals surface area contributed by atoms with Crippen LogP contribution < -0.4 is 0 Å². The van der Waals surface area contributed by atoms with Crippen molar-refractivity contribution >= 4 is 0 Å². The summed E-state index contributed by atoms with van der Waals surface area (Å²) >= 11 is 0. The number of rotatable bonds is 4. The first-order valence-corrected chi connectivity index (χ1v) is 5.94. The number of hydrogen-bond donors (Lipinski definition) is 2. The molecule has 4 nitrogen and oxygen atoms in total. The molecule has 15 heavy (non-hydrogen) atoms. The van der Waals surface area contributed by atoms with Crippen LogP contribution in [0.5, 0.6) is 0 Å². The van der Waals surface area contributed by atoms with Crippen LogP contribution >= 0.6 is 0 Å². The summed E-state index contributed by atoms with van der Waals surface area (Å²) in [6, 6.07) is 0. The second kappa shape index (κ2) is 5.25. The number of hydrogen-bond acceptors (Lipinski definition) is 4. The van der Waals surface area contributed by atoms with Gasteiger partial charge < -0.3 is 19.8 Å². The van der Waals surface area contributed by atoms with Crippen molar-refractivity contribution in [2.45, 2.75) is 44.0 Å². The molecule has 2 rings (SSSR count). The van der Waals surface area contributed by atoms with Crippen LogP contribution in [0.1, 0.15) is 25.7 Å². The Labute approximate surface area is 90.8 Å². The van der Waals surface area contributed by atoms with E-state index in [2.05, 4.69) is 4.90 Å². The van der Waals surface area contributed by atoms with E-state index in [4.69, 9.17) is 14.9 Å². The molecule has 0 bridgehead atoms. The highest BCUT2D eigenvalue weighted by atomic mass is 16.5. The summed E-state index contributed by atoms with van der Waals surface area (Å²) < 4.78 is 5.87. The third-order valence-corrected chi connectivity index (χ3v) is 3.41. The van der Waals surface area contributed by atoms with E-state index in [0.717, 1.165) is 45.3 Å². The van der Waals surface area contributed by atoms with Crippen LogP contribution in [0.25, 0.3) is 0 Å². The van der Waals surface area contributed by atoms with Crippen LogP contribution in [0.15, 0.2) is 0 Å². The molecule has 0 unspecified atom stereocenters. The van der Waals surface area contributed by atoms with Crippen molar-refractivity contribution in [1.82, 2.24) is 4.90 Å². The first-order chi connectivity index (χ1) is 7.28. The molecule has 0 aromatic carbocycles. The summed E-state index contributed by atoms with van der Waals surface area (Å²) in [5.41, 5.74) is 0. The van der Waals surface area contributed by atoms with Crippen molar-refractivity contribution in [2.24, 2.45) is 0 Å². The summed E-state index contributed by atoms with van der Waals surface area (Å²) in [5, 5.41) is 17.9. The van der Waals surface area contributed by atoms with Gasteiger partial charge in [0.15, 0.2) is 0 Å². The van der Waals surface area contributed by atoms with E-state index in [1.165, 1.54) is 0 Å². The summed E-state index contributed by atoms with van der Waals surface area (Å²) in [6.45, 7) is 3.09. The zero-order valence-corrected chi connectivity index (χ0v) is 9.14. The minimum absolute atomic E-state index is 0.121. The monoisotopic (exact) mass is 215 g/mol. The van der Waals surface area contributed by atoms with E-state index in [1.54, 1.807) is 0 Å². The fraction of sp³-hybridized carbons (Fsp3) is 1.00. The normalized spacial score (nSPS) is 34.0. The largest absolute Gasteiger partial charge is 0.395 e. The average Bonchev–Trinajstić information content (AvgIpc) is 2.19. The highest BCUT2D eigenvalue weighted by molar-refractivity contribution is 4.82. The lowest BCUT2D eigenvalue weighted by atomic mass is 9.92. The average molecular weight is 215 g/mol. The molecule has 4 heteroatoms. The van der Waals surface area contributed by atoms with Crippen LogP contribution in [0.2, 0.25) is 0 Å². The number of aliphatic hydroxyl groups is 2. The van der Waals surface area contributed by atoms with Gasteiger partial charge in [0.2, 0.25) is 0 Å². The molecular weight excluding hydrogens is 194 g/mol. The van der Waals surface area contributed by atoms with Crippen LogP contribution in [0, 0.1) is 0 Å². The zero-order valence-electron chi connectivity index (χ0n) is 9.14. The van der Waals surface area contributed by atoms with Gasteiger partial charge in [-0.05, 0) is 25.7 Å². The van der Waals surface area contributed by atoms with Crippen LogP contribution in [-0.4, -0.2) is 59.7 Å². The fourth-order valence-corrected chi connectivity index (χ4v) is 2.33. The van der Waals surface area contributed by atoms with Crippen molar-refractivity contribution in [1.29, 1.82) is 0 Å². The third kappa shape index (κ3) is 3.14. The van der Waals surface area contributed by atoms with E-state index < -0.39 is 0 Å². The molecule has 1 aliphatic carbocycles. The number of ether oxygens (including phenoxy) is 1. The molecule has 2 fully saturated rings.